The summed E-state index contributed by atoms with van der Waals surface area (Å²) in [6.07, 6.45) is 15.2. The molecule has 4 rings (SSSR count). The van der Waals surface area contributed by atoms with E-state index in [9.17, 15) is 10.2 Å². The maximum atomic E-state index is 10.7. The summed E-state index contributed by atoms with van der Waals surface area (Å²) >= 11 is 0. The van der Waals surface area contributed by atoms with Crippen LogP contribution in [-0.2, 0) is 0 Å². The molecule has 4 aliphatic rings. The van der Waals surface area contributed by atoms with Crippen molar-refractivity contribution in [2.24, 2.45) is 46.3 Å². The summed E-state index contributed by atoms with van der Waals surface area (Å²) in [6.45, 7) is 13.8. The average Bonchev–Trinajstić information content (AvgIpc) is 2.98. The van der Waals surface area contributed by atoms with Gasteiger partial charge in [0.15, 0.2) is 0 Å². The van der Waals surface area contributed by atoms with E-state index in [2.05, 4.69) is 27.7 Å². The number of aliphatic hydroxyl groups is 2. The molecular formula is C28H50O2. The lowest BCUT2D eigenvalue weighted by Gasteiger charge is -2.62. The number of rotatable bonds is 5. The Morgan fingerprint density at radius 1 is 0.900 bits per heavy atom. The fourth-order valence-corrected chi connectivity index (χ4v) is 9.46. The molecule has 0 aliphatic heterocycles. The molecule has 9 atom stereocenters. The molecule has 2 heteroatoms. The molecule has 0 bridgehead atoms. The molecule has 0 radical (unpaired) electrons. The van der Waals surface area contributed by atoms with Gasteiger partial charge in [-0.05, 0) is 131 Å². The van der Waals surface area contributed by atoms with Crippen LogP contribution in [0.25, 0.3) is 0 Å². The smallest absolute Gasteiger partial charge is 0.0622 e. The highest BCUT2D eigenvalue weighted by atomic mass is 16.3. The quantitative estimate of drug-likeness (QED) is 0.506. The van der Waals surface area contributed by atoms with Gasteiger partial charge in [0.1, 0.15) is 0 Å². The summed E-state index contributed by atoms with van der Waals surface area (Å²) in [4.78, 5) is 0. The summed E-state index contributed by atoms with van der Waals surface area (Å²) in [7, 11) is 0. The van der Waals surface area contributed by atoms with Crippen molar-refractivity contribution in [1.29, 1.82) is 0 Å². The Bertz CT molecular complexity index is 619. The van der Waals surface area contributed by atoms with Crippen LogP contribution < -0.4 is 0 Å². The molecule has 0 saturated heterocycles. The Morgan fingerprint density at radius 2 is 1.60 bits per heavy atom. The molecule has 1 unspecified atom stereocenters. The molecule has 2 nitrogen and oxygen atoms in total. The van der Waals surface area contributed by atoms with Gasteiger partial charge in [0.05, 0.1) is 11.2 Å². The lowest BCUT2D eigenvalue weighted by atomic mass is 9.43. The van der Waals surface area contributed by atoms with Gasteiger partial charge >= 0.3 is 0 Å². The van der Waals surface area contributed by atoms with Crippen molar-refractivity contribution in [1.82, 2.24) is 0 Å². The van der Waals surface area contributed by atoms with Gasteiger partial charge in [0.25, 0.3) is 0 Å². The SMILES string of the molecule is C[C@H](CCCC(C)(C)O)[C@H]1CC[C@H]2[C@@H]3CC[C@H]4CC(C)(O)CC[C@]4(C)[C@H]3CC[C@]12C. The van der Waals surface area contributed by atoms with Crippen LogP contribution in [0.1, 0.15) is 119 Å². The Labute approximate surface area is 186 Å². The molecule has 30 heavy (non-hydrogen) atoms. The molecule has 174 valence electrons. The monoisotopic (exact) mass is 418 g/mol. The second-order valence-corrected chi connectivity index (χ2v) is 13.8. The first kappa shape index (κ1) is 23.1. The van der Waals surface area contributed by atoms with Gasteiger partial charge in [-0.25, -0.2) is 0 Å². The first-order valence-electron chi connectivity index (χ1n) is 13.3. The van der Waals surface area contributed by atoms with Crippen LogP contribution >= 0.6 is 0 Å². The molecule has 0 aromatic heterocycles. The average molecular weight is 419 g/mol. The van der Waals surface area contributed by atoms with E-state index in [1.165, 1.54) is 51.4 Å². The van der Waals surface area contributed by atoms with Crippen LogP contribution in [0.4, 0.5) is 0 Å². The highest BCUT2D eigenvalue weighted by Gasteiger charge is 2.61. The molecule has 0 heterocycles. The second kappa shape index (κ2) is 7.75. The Balaban J connectivity index is 1.45. The minimum atomic E-state index is -0.515. The van der Waals surface area contributed by atoms with Gasteiger partial charge in [0.2, 0.25) is 0 Å². The van der Waals surface area contributed by atoms with Crippen molar-refractivity contribution >= 4 is 0 Å². The minimum Gasteiger partial charge on any atom is -0.390 e. The molecule has 4 saturated carbocycles. The predicted octanol–water partition coefficient (Wildman–Crippen LogP) is 6.97. The molecule has 0 spiro atoms. The molecule has 2 N–H and O–H groups in total. The zero-order chi connectivity index (χ0) is 21.9. The fourth-order valence-electron chi connectivity index (χ4n) is 9.46. The van der Waals surface area contributed by atoms with Crippen LogP contribution in [-0.4, -0.2) is 21.4 Å². The molecule has 4 fully saturated rings. The van der Waals surface area contributed by atoms with E-state index in [4.69, 9.17) is 0 Å². The van der Waals surface area contributed by atoms with Crippen molar-refractivity contribution in [2.75, 3.05) is 0 Å². The van der Waals surface area contributed by atoms with E-state index in [1.807, 2.05) is 13.8 Å². The standard InChI is InChI=1S/C28H50O2/c1-19(8-7-14-25(2,3)29)22-11-12-23-21-10-9-20-18-26(4,30)16-17-27(20,5)24(21)13-15-28(22,23)6/h19-24,29-30H,7-18H2,1-6H3/t19-,20+,21+,22-,23+,24+,26?,27+,28-/m1/s1. The second-order valence-electron chi connectivity index (χ2n) is 13.8. The van der Waals surface area contributed by atoms with E-state index >= 15 is 0 Å². The van der Waals surface area contributed by atoms with Crippen molar-refractivity contribution < 1.29 is 10.2 Å². The van der Waals surface area contributed by atoms with Gasteiger partial charge in [-0.3, -0.25) is 0 Å². The molecule has 4 aliphatic carbocycles. The van der Waals surface area contributed by atoms with Crippen molar-refractivity contribution in [3.63, 3.8) is 0 Å². The zero-order valence-electron chi connectivity index (χ0n) is 20.8. The molecule has 0 amide bonds. The van der Waals surface area contributed by atoms with Gasteiger partial charge in [0, 0.05) is 0 Å². The van der Waals surface area contributed by atoms with Crippen LogP contribution in [0.2, 0.25) is 0 Å². The topological polar surface area (TPSA) is 40.5 Å². The van der Waals surface area contributed by atoms with Gasteiger partial charge in [-0.2, -0.15) is 0 Å². The maximum absolute atomic E-state index is 10.7. The number of hydrogen-bond acceptors (Lipinski definition) is 2. The zero-order valence-corrected chi connectivity index (χ0v) is 20.8. The number of fused-ring (bicyclic) bond motifs is 5. The van der Waals surface area contributed by atoms with Crippen LogP contribution in [0.15, 0.2) is 0 Å². The van der Waals surface area contributed by atoms with E-state index in [1.54, 1.807) is 0 Å². The largest absolute Gasteiger partial charge is 0.390 e. The molecular weight excluding hydrogens is 368 g/mol. The minimum absolute atomic E-state index is 0.419. The van der Waals surface area contributed by atoms with Crippen LogP contribution in [0.5, 0.6) is 0 Å². The third-order valence-corrected chi connectivity index (χ3v) is 11.2. The lowest BCUT2D eigenvalue weighted by molar-refractivity contribution is -0.148. The lowest BCUT2D eigenvalue weighted by Crippen LogP contribution is -2.55. The highest BCUT2D eigenvalue weighted by Crippen LogP contribution is 2.68. The Hall–Kier alpha value is -0.0800. The predicted molar refractivity (Wildman–Crippen MR) is 125 cm³/mol. The van der Waals surface area contributed by atoms with Gasteiger partial charge in [-0.1, -0.05) is 33.6 Å². The van der Waals surface area contributed by atoms with Crippen LogP contribution in [0, 0.1) is 46.3 Å². The summed E-state index contributed by atoms with van der Waals surface area (Å²) in [5.41, 5.74) is 0.0808. The molecule has 0 aromatic carbocycles. The maximum Gasteiger partial charge on any atom is 0.0622 e. The first-order chi connectivity index (χ1) is 13.9. The summed E-state index contributed by atoms with van der Waals surface area (Å²) < 4.78 is 0. The third kappa shape index (κ3) is 4.02. The van der Waals surface area contributed by atoms with Crippen molar-refractivity contribution in [3.05, 3.63) is 0 Å². The third-order valence-electron chi connectivity index (χ3n) is 11.2. The van der Waals surface area contributed by atoms with Gasteiger partial charge in [-0.15, -0.1) is 0 Å². The van der Waals surface area contributed by atoms with E-state index in [0.717, 1.165) is 61.2 Å². The van der Waals surface area contributed by atoms with Crippen molar-refractivity contribution in [2.45, 2.75) is 130 Å². The summed E-state index contributed by atoms with van der Waals surface area (Å²) in [6, 6.07) is 0. The summed E-state index contributed by atoms with van der Waals surface area (Å²) in [5, 5.41) is 20.8. The summed E-state index contributed by atoms with van der Waals surface area (Å²) in [5.74, 6) is 5.16. The van der Waals surface area contributed by atoms with Crippen molar-refractivity contribution in [3.8, 4) is 0 Å². The fraction of sp³-hybridized carbons (Fsp3) is 1.00. The Kier molecular flexibility index (Phi) is 5.97. The van der Waals surface area contributed by atoms with E-state index < -0.39 is 11.2 Å². The van der Waals surface area contributed by atoms with E-state index in [0.29, 0.717) is 10.8 Å². The first-order valence-corrected chi connectivity index (χ1v) is 13.3. The normalized spacial score (nSPS) is 49.8. The highest BCUT2D eigenvalue weighted by molar-refractivity contribution is 5.10. The number of hydrogen-bond donors (Lipinski definition) is 2. The molecule has 0 aromatic rings. The van der Waals surface area contributed by atoms with Crippen LogP contribution in [0.3, 0.4) is 0 Å². The van der Waals surface area contributed by atoms with E-state index in [-0.39, 0.29) is 0 Å². The Morgan fingerprint density at radius 3 is 2.30 bits per heavy atom. The van der Waals surface area contributed by atoms with Gasteiger partial charge < -0.3 is 10.2 Å².